The fourth-order valence-corrected chi connectivity index (χ4v) is 0.105. The van der Waals surface area contributed by atoms with Crippen LogP contribution in [0.4, 0.5) is 0 Å². The van der Waals surface area contributed by atoms with Gasteiger partial charge in [-0.15, -0.1) is 0 Å². The van der Waals surface area contributed by atoms with Gasteiger partial charge in [-0.2, -0.15) is 0 Å². The van der Waals surface area contributed by atoms with Gasteiger partial charge in [0.25, 0.3) is 0 Å². The van der Waals surface area contributed by atoms with Crippen LogP contribution in [0.5, 0.6) is 0 Å². The van der Waals surface area contributed by atoms with Gasteiger partial charge in [-0.3, -0.25) is 10.1 Å². The Morgan fingerprint density at radius 3 is 1.19 bits per heavy atom. The van der Waals surface area contributed by atoms with Crippen molar-refractivity contribution in [3.8, 4) is 0 Å². The maximum Gasteiger partial charge on any atom is 0.243 e. The third-order valence-corrected chi connectivity index (χ3v) is 0.258. The van der Waals surface area contributed by atoms with E-state index in [0.717, 1.165) is 13.8 Å². The summed E-state index contributed by atoms with van der Waals surface area (Å²) >= 11 is 0. The van der Waals surface area contributed by atoms with Crippen molar-refractivity contribution in [1.29, 1.82) is 0 Å². The summed E-state index contributed by atoms with van der Waals surface area (Å²) in [5.41, 5.74) is 0. The molecule has 0 amide bonds. The fourth-order valence-electron chi connectivity index (χ4n) is 0.105. The molecule has 16 heavy (non-hydrogen) atoms. The molecule has 0 saturated heterocycles. The van der Waals surface area contributed by atoms with Crippen molar-refractivity contribution in [1.82, 2.24) is 0 Å². The first-order chi connectivity index (χ1) is 6.59. The number of carbonyl (C=O) groups is 3. The van der Waals surface area contributed by atoms with Gasteiger partial charge in [-0.05, 0) is 13.8 Å². The van der Waals surface area contributed by atoms with Crippen molar-refractivity contribution >= 4 is 17.9 Å². The molecule has 0 saturated carbocycles. The molecule has 10 heteroatoms. The molecule has 0 aromatic carbocycles. The van der Waals surface area contributed by atoms with E-state index in [9.17, 15) is 20.0 Å². The standard InChI is InChI=1S/C2H3NO4.2C2H4O2.Fe/c4-2(5)1-3(6)7;2*1-2(3)4;/h1H2,(H,4,5);2*1H3,(H,3,4);/p-3. The molecule has 0 atom stereocenters. The molecule has 96 valence electrons. The molecular formula is C6H8FeNO8-3. The quantitative estimate of drug-likeness (QED) is 0.277. The number of aliphatic carboxylic acids is 3. The Balaban J connectivity index is -0.0000000700. The first kappa shape index (κ1) is 23.9. The molecule has 0 radical (unpaired) electrons. The molecule has 0 aliphatic rings. The predicted molar refractivity (Wildman–Crippen MR) is 38.2 cm³/mol. The maximum absolute atomic E-state index is 9.26. The van der Waals surface area contributed by atoms with Crippen LogP contribution in [-0.2, 0) is 31.5 Å². The predicted octanol–water partition coefficient (Wildman–Crippen LogP) is -4.48. The van der Waals surface area contributed by atoms with Crippen LogP contribution in [-0.4, -0.2) is 29.4 Å². The Bertz CT molecular complexity index is 209. The van der Waals surface area contributed by atoms with Crippen LogP contribution in [0.1, 0.15) is 13.8 Å². The SMILES string of the molecule is CC(=O)[O-].CC(=O)[O-].O=C([O-])C[N+](=O)[O-].[Fe]. The average molecular weight is 278 g/mol. The van der Waals surface area contributed by atoms with Crippen LogP contribution in [0.25, 0.3) is 0 Å². The molecule has 0 fully saturated rings. The van der Waals surface area contributed by atoms with Gasteiger partial charge in [0.15, 0.2) is 0 Å². The molecule has 0 aromatic heterocycles. The number of carboxylic acids is 3. The summed E-state index contributed by atoms with van der Waals surface area (Å²) in [7, 11) is 0. The topological polar surface area (TPSA) is 164 Å². The summed E-state index contributed by atoms with van der Waals surface area (Å²) in [5.74, 6) is -3.83. The molecule has 0 rings (SSSR count). The molecule has 0 bridgehead atoms. The fraction of sp³-hybridized carbons (Fsp3) is 0.500. The number of carboxylic acid groups (broad SMARTS) is 3. The number of hydrogen-bond acceptors (Lipinski definition) is 8. The largest absolute Gasteiger partial charge is 0.550 e. The maximum atomic E-state index is 9.26. The summed E-state index contributed by atoms with van der Waals surface area (Å²) in [6.07, 6.45) is 0. The number of hydrogen-bond donors (Lipinski definition) is 0. The Hall–Kier alpha value is -1.67. The van der Waals surface area contributed by atoms with Gasteiger partial charge in [-0.1, -0.05) is 0 Å². The Morgan fingerprint density at radius 1 is 1.00 bits per heavy atom. The van der Waals surface area contributed by atoms with E-state index in [2.05, 4.69) is 0 Å². The van der Waals surface area contributed by atoms with Crippen molar-refractivity contribution in [2.24, 2.45) is 0 Å². The summed E-state index contributed by atoms with van der Waals surface area (Å²) < 4.78 is 0. The molecule has 0 spiro atoms. The molecule has 0 unspecified atom stereocenters. The van der Waals surface area contributed by atoms with Crippen LogP contribution in [0, 0.1) is 10.1 Å². The summed E-state index contributed by atoms with van der Waals surface area (Å²) in [4.78, 5) is 35.3. The molecule has 0 N–H and O–H groups in total. The second-order valence-electron chi connectivity index (χ2n) is 1.85. The number of nitro groups is 1. The van der Waals surface area contributed by atoms with Gasteiger partial charge in [0.1, 0.15) is 5.97 Å². The average Bonchev–Trinajstić information content (AvgIpc) is 1.78. The number of carbonyl (C=O) groups excluding carboxylic acids is 3. The Morgan fingerprint density at radius 2 is 1.19 bits per heavy atom. The molecule has 0 aromatic rings. The van der Waals surface area contributed by atoms with Crippen molar-refractivity contribution in [2.75, 3.05) is 6.54 Å². The zero-order chi connectivity index (χ0) is 13.0. The third kappa shape index (κ3) is 292. The molecule has 0 aliphatic carbocycles. The van der Waals surface area contributed by atoms with E-state index in [1.165, 1.54) is 0 Å². The minimum atomic E-state index is -1.66. The minimum absolute atomic E-state index is 0. The van der Waals surface area contributed by atoms with Crippen molar-refractivity contribution in [2.45, 2.75) is 13.8 Å². The molecule has 0 aliphatic heterocycles. The van der Waals surface area contributed by atoms with Crippen LogP contribution >= 0.6 is 0 Å². The first-order valence-corrected chi connectivity index (χ1v) is 3.26. The molecular weight excluding hydrogens is 270 g/mol. The molecule has 9 nitrogen and oxygen atoms in total. The van der Waals surface area contributed by atoms with Crippen molar-refractivity contribution in [3.63, 3.8) is 0 Å². The summed E-state index contributed by atoms with van der Waals surface area (Å²) in [6, 6.07) is 0. The second kappa shape index (κ2) is 15.8. The van der Waals surface area contributed by atoms with E-state index < -0.39 is 29.4 Å². The number of rotatable bonds is 2. The van der Waals surface area contributed by atoms with Gasteiger partial charge in [0.05, 0.1) is 0 Å². The zero-order valence-corrected chi connectivity index (χ0v) is 9.38. The van der Waals surface area contributed by atoms with E-state index in [4.69, 9.17) is 19.8 Å². The van der Waals surface area contributed by atoms with Gasteiger partial charge >= 0.3 is 0 Å². The third-order valence-electron chi connectivity index (χ3n) is 0.258. The smallest absolute Gasteiger partial charge is 0.243 e. The van der Waals surface area contributed by atoms with Crippen LogP contribution in [0.3, 0.4) is 0 Å². The first-order valence-electron chi connectivity index (χ1n) is 3.26. The van der Waals surface area contributed by atoms with Gasteiger partial charge in [0.2, 0.25) is 6.54 Å². The van der Waals surface area contributed by atoms with E-state index in [-0.39, 0.29) is 17.1 Å². The van der Waals surface area contributed by atoms with Crippen molar-refractivity contribution in [3.05, 3.63) is 10.1 Å². The van der Waals surface area contributed by atoms with Gasteiger partial charge in [-0.25, -0.2) is 0 Å². The molecule has 0 heterocycles. The number of nitrogens with zero attached hydrogens (tertiary/aromatic N) is 1. The van der Waals surface area contributed by atoms with Gasteiger partial charge in [0, 0.05) is 33.9 Å². The monoisotopic (exact) mass is 278 g/mol. The minimum Gasteiger partial charge on any atom is -0.550 e. The zero-order valence-electron chi connectivity index (χ0n) is 8.27. The summed E-state index contributed by atoms with van der Waals surface area (Å²) in [6.45, 7) is 0.833. The Labute approximate surface area is 101 Å². The van der Waals surface area contributed by atoms with E-state index in [1.54, 1.807) is 0 Å². The van der Waals surface area contributed by atoms with E-state index >= 15 is 0 Å². The summed E-state index contributed by atoms with van der Waals surface area (Å²) in [5, 5.41) is 36.2. The van der Waals surface area contributed by atoms with Crippen LogP contribution in [0.2, 0.25) is 0 Å². The van der Waals surface area contributed by atoms with Crippen LogP contribution < -0.4 is 15.3 Å². The van der Waals surface area contributed by atoms with Crippen LogP contribution in [0.15, 0.2) is 0 Å². The normalized spacial score (nSPS) is 6.62. The van der Waals surface area contributed by atoms with Crippen molar-refractivity contribution < 1.29 is 51.7 Å². The van der Waals surface area contributed by atoms with E-state index in [0.29, 0.717) is 0 Å². The Kier molecular flexibility index (Phi) is 23.5. The second-order valence-corrected chi connectivity index (χ2v) is 1.85. The van der Waals surface area contributed by atoms with E-state index in [1.807, 2.05) is 0 Å². The van der Waals surface area contributed by atoms with Gasteiger partial charge < -0.3 is 29.7 Å².